The average molecular weight is 325 g/mol. The van der Waals surface area contributed by atoms with E-state index in [1.165, 1.54) is 54.6 Å². The van der Waals surface area contributed by atoms with Gasteiger partial charge < -0.3 is 4.52 Å². The molecule has 1 aromatic heterocycles. The van der Waals surface area contributed by atoms with E-state index in [1.54, 1.807) is 0 Å². The Kier molecular flexibility index (Phi) is 3.75. The van der Waals surface area contributed by atoms with Crippen LogP contribution in [0.2, 0.25) is 0 Å². The summed E-state index contributed by atoms with van der Waals surface area (Å²) in [6.07, 6.45) is 3.76. The van der Waals surface area contributed by atoms with Crippen LogP contribution >= 0.6 is 0 Å². The molecule has 2 fully saturated rings. The van der Waals surface area contributed by atoms with Crippen LogP contribution in [0.5, 0.6) is 0 Å². The van der Waals surface area contributed by atoms with E-state index < -0.39 is 0 Å². The number of likely N-dealkylation sites (tertiary alicyclic amines) is 1. The molecule has 24 heavy (non-hydrogen) atoms. The van der Waals surface area contributed by atoms with E-state index in [0.717, 1.165) is 12.4 Å². The van der Waals surface area contributed by atoms with E-state index in [9.17, 15) is 0 Å². The molecular formula is C20H27N3O. The van der Waals surface area contributed by atoms with Crippen LogP contribution in [0.4, 0.5) is 0 Å². The molecule has 0 radical (unpaired) electrons. The van der Waals surface area contributed by atoms with Gasteiger partial charge in [-0.1, -0.05) is 22.9 Å². The molecule has 1 saturated carbocycles. The molecule has 4 nitrogen and oxygen atoms in total. The van der Waals surface area contributed by atoms with Crippen LogP contribution in [-0.2, 0) is 6.54 Å². The summed E-state index contributed by atoms with van der Waals surface area (Å²) < 4.78 is 5.16. The smallest absolute Gasteiger partial charge is 0.223 e. The van der Waals surface area contributed by atoms with Crippen molar-refractivity contribution in [2.24, 2.45) is 5.41 Å². The number of piperidine rings is 1. The average Bonchev–Trinajstić information content (AvgIpc) is 3.05. The second-order valence-corrected chi connectivity index (χ2v) is 7.94. The van der Waals surface area contributed by atoms with Crippen molar-refractivity contribution in [2.45, 2.75) is 59.4 Å². The lowest BCUT2D eigenvalue weighted by molar-refractivity contribution is 0.161. The first-order chi connectivity index (χ1) is 11.5. The van der Waals surface area contributed by atoms with Gasteiger partial charge in [0.2, 0.25) is 5.89 Å². The fourth-order valence-corrected chi connectivity index (χ4v) is 4.56. The van der Waals surface area contributed by atoms with E-state index in [4.69, 9.17) is 4.52 Å². The summed E-state index contributed by atoms with van der Waals surface area (Å²) in [4.78, 5) is 7.07. The number of nitrogens with zero attached hydrogens (tertiary/aromatic N) is 3. The van der Waals surface area contributed by atoms with Crippen LogP contribution in [0.3, 0.4) is 0 Å². The number of hydrogen-bond acceptors (Lipinski definition) is 4. The lowest BCUT2D eigenvalue weighted by Gasteiger charge is -2.33. The lowest BCUT2D eigenvalue weighted by atomic mass is 9.90. The maximum atomic E-state index is 5.16. The minimum Gasteiger partial charge on any atom is -0.340 e. The monoisotopic (exact) mass is 325 g/mol. The second kappa shape index (κ2) is 5.69. The van der Waals surface area contributed by atoms with Gasteiger partial charge in [0.1, 0.15) is 0 Å². The molecule has 1 aliphatic heterocycles. The number of benzene rings is 1. The minimum atomic E-state index is 0.449. The van der Waals surface area contributed by atoms with Crippen LogP contribution in [-0.4, -0.2) is 28.1 Å². The van der Waals surface area contributed by atoms with Gasteiger partial charge in [0, 0.05) is 19.4 Å². The summed E-state index contributed by atoms with van der Waals surface area (Å²) in [7, 11) is 0. The molecule has 1 spiro atoms. The van der Waals surface area contributed by atoms with Gasteiger partial charge in [-0.15, -0.1) is 0 Å². The van der Waals surface area contributed by atoms with Crippen molar-refractivity contribution in [3.05, 3.63) is 46.1 Å². The predicted octanol–water partition coefficient (Wildman–Crippen LogP) is 4.07. The summed E-state index contributed by atoms with van der Waals surface area (Å²) in [5.41, 5.74) is 6.18. The zero-order valence-electron chi connectivity index (χ0n) is 15.2. The second-order valence-electron chi connectivity index (χ2n) is 7.94. The molecule has 2 aromatic rings. The van der Waals surface area contributed by atoms with E-state index in [-0.39, 0.29) is 0 Å². The Balaban J connectivity index is 1.39. The molecule has 128 valence electrons. The van der Waals surface area contributed by atoms with Crippen molar-refractivity contribution in [2.75, 3.05) is 13.1 Å². The fraction of sp³-hybridized carbons (Fsp3) is 0.600. The molecule has 2 heterocycles. The third-order valence-electron chi connectivity index (χ3n) is 6.12. The highest BCUT2D eigenvalue weighted by molar-refractivity contribution is 5.37. The quantitative estimate of drug-likeness (QED) is 0.853. The zero-order chi connectivity index (χ0) is 16.9. The summed E-state index contributed by atoms with van der Waals surface area (Å²) in [5, 5.41) is 4.15. The van der Waals surface area contributed by atoms with Gasteiger partial charge in [-0.05, 0) is 75.2 Å². The summed E-state index contributed by atoms with van der Waals surface area (Å²) >= 11 is 0. The van der Waals surface area contributed by atoms with Crippen LogP contribution in [0.15, 0.2) is 16.7 Å². The Morgan fingerprint density at radius 2 is 1.79 bits per heavy atom. The Labute approximate surface area is 144 Å². The molecule has 0 bridgehead atoms. The minimum absolute atomic E-state index is 0.449. The van der Waals surface area contributed by atoms with Gasteiger partial charge in [0.25, 0.3) is 0 Å². The number of hydrogen-bond donors (Lipinski definition) is 0. The van der Waals surface area contributed by atoms with Gasteiger partial charge in [0.15, 0.2) is 5.82 Å². The largest absolute Gasteiger partial charge is 0.340 e. The Hall–Kier alpha value is -1.68. The lowest BCUT2D eigenvalue weighted by Crippen LogP contribution is -2.35. The Bertz CT molecular complexity index is 733. The predicted molar refractivity (Wildman–Crippen MR) is 94.0 cm³/mol. The van der Waals surface area contributed by atoms with Crippen molar-refractivity contribution in [1.82, 2.24) is 15.0 Å². The first-order valence-electron chi connectivity index (χ1n) is 9.06. The maximum absolute atomic E-state index is 5.16. The highest BCUT2D eigenvalue weighted by Gasteiger charge is 2.57. The highest BCUT2D eigenvalue weighted by Crippen LogP contribution is 2.64. The molecule has 1 atom stereocenters. The molecular weight excluding hydrogens is 298 g/mol. The van der Waals surface area contributed by atoms with Crippen molar-refractivity contribution >= 4 is 0 Å². The molecule has 4 rings (SSSR count). The van der Waals surface area contributed by atoms with Gasteiger partial charge >= 0.3 is 0 Å². The van der Waals surface area contributed by atoms with Crippen LogP contribution in [0, 0.1) is 33.1 Å². The van der Waals surface area contributed by atoms with Crippen LogP contribution < -0.4 is 0 Å². The number of aryl methyl sites for hydroxylation is 4. The van der Waals surface area contributed by atoms with Gasteiger partial charge in [-0.3, -0.25) is 4.90 Å². The van der Waals surface area contributed by atoms with Crippen molar-refractivity contribution in [3.63, 3.8) is 0 Å². The molecule has 1 aliphatic carbocycles. The molecule has 1 aromatic carbocycles. The number of rotatable bonds is 3. The normalized spacial score (nSPS) is 22.9. The van der Waals surface area contributed by atoms with E-state index in [0.29, 0.717) is 17.2 Å². The molecule has 0 N–H and O–H groups in total. The first-order valence-corrected chi connectivity index (χ1v) is 9.06. The molecule has 1 unspecified atom stereocenters. The van der Waals surface area contributed by atoms with Crippen molar-refractivity contribution in [3.8, 4) is 0 Å². The van der Waals surface area contributed by atoms with Crippen LogP contribution in [0.1, 0.15) is 59.1 Å². The highest BCUT2D eigenvalue weighted by atomic mass is 16.5. The number of aromatic nitrogens is 2. The van der Waals surface area contributed by atoms with Gasteiger partial charge in [-0.2, -0.15) is 4.98 Å². The summed E-state index contributed by atoms with van der Waals surface area (Å²) in [5.74, 6) is 2.15. The molecule has 0 amide bonds. The van der Waals surface area contributed by atoms with Gasteiger partial charge in [-0.25, -0.2) is 0 Å². The summed E-state index contributed by atoms with van der Waals surface area (Å²) in [6.45, 7) is 12.0. The SMILES string of the molecule is Cc1cc(C)c(CN2CCC3(CC2)CC3c2noc(C)n2)c(C)c1. The van der Waals surface area contributed by atoms with Gasteiger partial charge in [0.05, 0.1) is 0 Å². The van der Waals surface area contributed by atoms with E-state index in [2.05, 4.69) is 47.9 Å². The maximum Gasteiger partial charge on any atom is 0.223 e. The summed E-state index contributed by atoms with van der Waals surface area (Å²) in [6, 6.07) is 4.62. The van der Waals surface area contributed by atoms with Crippen molar-refractivity contribution < 1.29 is 4.52 Å². The van der Waals surface area contributed by atoms with E-state index in [1.807, 2.05) is 6.92 Å². The topological polar surface area (TPSA) is 42.2 Å². The Morgan fingerprint density at radius 3 is 2.38 bits per heavy atom. The van der Waals surface area contributed by atoms with Crippen molar-refractivity contribution in [1.29, 1.82) is 0 Å². The molecule has 1 saturated heterocycles. The van der Waals surface area contributed by atoms with Crippen LogP contribution in [0.25, 0.3) is 0 Å². The molecule has 2 aliphatic rings. The van der Waals surface area contributed by atoms with E-state index >= 15 is 0 Å². The zero-order valence-corrected chi connectivity index (χ0v) is 15.2. The fourth-order valence-electron chi connectivity index (χ4n) is 4.56. The third-order valence-corrected chi connectivity index (χ3v) is 6.12. The first kappa shape index (κ1) is 15.8. The molecule has 4 heteroatoms. The third kappa shape index (κ3) is 2.77. The standard InChI is InChI=1S/C20H27N3O/c1-13-9-14(2)17(15(3)10-13)12-23-7-5-20(6-8-23)11-18(20)19-21-16(4)24-22-19/h9-10,18H,5-8,11-12H2,1-4H3. The Morgan fingerprint density at radius 1 is 1.12 bits per heavy atom.